The average Bonchev–Trinajstić information content (AvgIpc) is 2.45. The molecule has 1 amide bonds. The van der Waals surface area contributed by atoms with Crippen molar-refractivity contribution in [3.63, 3.8) is 0 Å². The molecule has 0 fully saturated rings. The molecule has 0 aliphatic rings. The highest BCUT2D eigenvalue weighted by molar-refractivity contribution is 6.32. The van der Waals surface area contributed by atoms with E-state index in [4.69, 9.17) is 20.8 Å². The van der Waals surface area contributed by atoms with E-state index in [-0.39, 0.29) is 24.6 Å². The first-order chi connectivity index (χ1) is 11.2. The Kier molecular flexibility index (Phi) is 5.54. The number of nitrogens with zero attached hydrogens (tertiary/aromatic N) is 1. The van der Waals surface area contributed by atoms with Crippen LogP contribution in [0.25, 0.3) is 11.0 Å². The maximum Gasteiger partial charge on any atom is 0.336 e. The Balaban J connectivity index is 2.25. The monoisotopic (exact) mass is 351 g/mol. The van der Waals surface area contributed by atoms with Gasteiger partial charge in [0.05, 0.1) is 5.02 Å². The van der Waals surface area contributed by atoms with Gasteiger partial charge >= 0.3 is 5.63 Å². The lowest BCUT2D eigenvalue weighted by molar-refractivity contribution is -0.136. The quantitative estimate of drug-likeness (QED) is 0.769. The molecule has 2 aromatic rings. The van der Waals surface area contributed by atoms with Gasteiger partial charge in [0.15, 0.2) is 6.61 Å². The molecule has 0 saturated carbocycles. The van der Waals surface area contributed by atoms with Gasteiger partial charge in [0.1, 0.15) is 11.3 Å². The standard InChI is InChI=1S/C18H22ClNO4/c1-10(2)20(11(3)4)17(21)9-23-16-8-15-13(7-14(16)19)12(5)6-18(22)24-15/h6-8,10-11H,9H2,1-5H3. The number of carbonyl (C=O) groups is 1. The van der Waals surface area contributed by atoms with Gasteiger partial charge in [0, 0.05) is 29.6 Å². The van der Waals surface area contributed by atoms with Crippen LogP contribution in [0.4, 0.5) is 0 Å². The van der Waals surface area contributed by atoms with Gasteiger partial charge in [-0.25, -0.2) is 4.79 Å². The minimum atomic E-state index is -0.435. The van der Waals surface area contributed by atoms with Gasteiger partial charge in [-0.05, 0) is 46.2 Å². The minimum absolute atomic E-state index is 0.0776. The molecule has 130 valence electrons. The van der Waals surface area contributed by atoms with Crippen LogP contribution in [-0.2, 0) is 4.79 Å². The van der Waals surface area contributed by atoms with E-state index in [0.717, 1.165) is 10.9 Å². The zero-order valence-corrected chi connectivity index (χ0v) is 15.3. The van der Waals surface area contributed by atoms with Crippen LogP contribution < -0.4 is 10.4 Å². The van der Waals surface area contributed by atoms with Crippen molar-refractivity contribution in [2.45, 2.75) is 46.7 Å². The van der Waals surface area contributed by atoms with Crippen molar-refractivity contribution in [3.8, 4) is 5.75 Å². The van der Waals surface area contributed by atoms with Crippen LogP contribution in [0, 0.1) is 6.92 Å². The number of carbonyl (C=O) groups excluding carboxylic acids is 1. The molecule has 1 heterocycles. The molecule has 0 bridgehead atoms. The lowest BCUT2D eigenvalue weighted by atomic mass is 10.1. The van der Waals surface area contributed by atoms with Gasteiger partial charge in [-0.15, -0.1) is 0 Å². The second-order valence-corrected chi connectivity index (χ2v) is 6.71. The fourth-order valence-electron chi connectivity index (χ4n) is 2.82. The first kappa shape index (κ1) is 18.3. The SMILES string of the molecule is Cc1cc(=O)oc2cc(OCC(=O)N(C(C)C)C(C)C)c(Cl)cc12. The van der Waals surface area contributed by atoms with Crippen molar-refractivity contribution >= 4 is 28.5 Å². The Bertz CT molecular complexity index is 803. The number of benzene rings is 1. The van der Waals surface area contributed by atoms with E-state index in [0.29, 0.717) is 16.4 Å². The second kappa shape index (κ2) is 7.26. The molecule has 0 saturated heterocycles. The summed E-state index contributed by atoms with van der Waals surface area (Å²) in [5.74, 6) is 0.195. The third-order valence-corrected chi connectivity index (χ3v) is 4.05. The van der Waals surface area contributed by atoms with Gasteiger partial charge in [-0.1, -0.05) is 11.6 Å². The maximum absolute atomic E-state index is 12.4. The van der Waals surface area contributed by atoms with Crippen LogP contribution in [-0.4, -0.2) is 29.5 Å². The number of hydrogen-bond donors (Lipinski definition) is 0. The molecule has 5 nitrogen and oxygen atoms in total. The molecule has 0 aliphatic carbocycles. The predicted molar refractivity (Wildman–Crippen MR) is 94.8 cm³/mol. The van der Waals surface area contributed by atoms with E-state index in [1.54, 1.807) is 17.0 Å². The number of ether oxygens (including phenoxy) is 1. The molecule has 0 radical (unpaired) electrons. The van der Waals surface area contributed by atoms with Crippen LogP contribution in [0.15, 0.2) is 27.4 Å². The van der Waals surface area contributed by atoms with E-state index >= 15 is 0 Å². The summed E-state index contributed by atoms with van der Waals surface area (Å²) < 4.78 is 10.8. The number of fused-ring (bicyclic) bond motifs is 1. The second-order valence-electron chi connectivity index (χ2n) is 6.30. The van der Waals surface area contributed by atoms with Gasteiger partial charge in [-0.3, -0.25) is 4.79 Å². The summed E-state index contributed by atoms with van der Waals surface area (Å²) in [6.07, 6.45) is 0. The highest BCUT2D eigenvalue weighted by Crippen LogP contribution is 2.31. The van der Waals surface area contributed by atoms with Crippen LogP contribution >= 0.6 is 11.6 Å². The predicted octanol–water partition coefficient (Wildman–Crippen LogP) is 3.78. The average molecular weight is 352 g/mol. The molecule has 0 spiro atoms. The zero-order valence-electron chi connectivity index (χ0n) is 14.6. The van der Waals surface area contributed by atoms with Gasteiger partial charge in [0.25, 0.3) is 5.91 Å². The Hall–Kier alpha value is -2.01. The van der Waals surface area contributed by atoms with Gasteiger partial charge in [-0.2, -0.15) is 0 Å². The van der Waals surface area contributed by atoms with E-state index in [1.807, 2.05) is 34.6 Å². The van der Waals surface area contributed by atoms with Crippen molar-refractivity contribution in [1.29, 1.82) is 0 Å². The summed E-state index contributed by atoms with van der Waals surface area (Å²) >= 11 is 6.23. The van der Waals surface area contributed by atoms with Crippen LogP contribution in [0.5, 0.6) is 5.75 Å². The molecule has 0 N–H and O–H groups in total. The third-order valence-electron chi connectivity index (χ3n) is 3.76. The van der Waals surface area contributed by atoms with E-state index in [1.165, 1.54) is 6.07 Å². The summed E-state index contributed by atoms with van der Waals surface area (Å²) in [6, 6.07) is 4.79. The van der Waals surface area contributed by atoms with Crippen LogP contribution in [0.3, 0.4) is 0 Å². The summed E-state index contributed by atoms with van der Waals surface area (Å²) in [6.45, 7) is 9.51. The molecule has 0 aliphatic heterocycles. The molecule has 24 heavy (non-hydrogen) atoms. The van der Waals surface area contributed by atoms with Crippen molar-refractivity contribution in [1.82, 2.24) is 4.90 Å². The van der Waals surface area contributed by atoms with Gasteiger partial charge in [0.2, 0.25) is 0 Å². The van der Waals surface area contributed by atoms with Crippen molar-refractivity contribution in [3.05, 3.63) is 39.2 Å². The number of rotatable bonds is 5. The first-order valence-electron chi connectivity index (χ1n) is 7.88. The highest BCUT2D eigenvalue weighted by atomic mass is 35.5. The van der Waals surface area contributed by atoms with Crippen molar-refractivity contribution < 1.29 is 13.9 Å². The molecular formula is C18H22ClNO4. The summed E-state index contributed by atoms with van der Waals surface area (Å²) in [5, 5.41) is 1.11. The van der Waals surface area contributed by atoms with Crippen molar-refractivity contribution in [2.75, 3.05) is 6.61 Å². The lowest BCUT2D eigenvalue weighted by Crippen LogP contribution is -2.44. The fourth-order valence-corrected chi connectivity index (χ4v) is 3.03. The van der Waals surface area contributed by atoms with E-state index < -0.39 is 5.63 Å². The largest absolute Gasteiger partial charge is 0.482 e. The van der Waals surface area contributed by atoms with E-state index in [2.05, 4.69) is 0 Å². The molecule has 1 aromatic heterocycles. The summed E-state index contributed by atoms with van der Waals surface area (Å²) in [7, 11) is 0. The Morgan fingerprint density at radius 3 is 2.42 bits per heavy atom. The highest BCUT2D eigenvalue weighted by Gasteiger charge is 2.21. The minimum Gasteiger partial charge on any atom is -0.482 e. The molecule has 0 unspecified atom stereocenters. The number of amides is 1. The van der Waals surface area contributed by atoms with Crippen molar-refractivity contribution in [2.24, 2.45) is 0 Å². The third kappa shape index (κ3) is 3.90. The molecule has 2 rings (SSSR count). The Labute approximate surface area is 146 Å². The summed E-state index contributed by atoms with van der Waals surface area (Å²) in [4.78, 5) is 25.6. The summed E-state index contributed by atoms with van der Waals surface area (Å²) in [5.41, 5.74) is 0.725. The fraction of sp³-hybridized carbons (Fsp3) is 0.444. The molecule has 1 aromatic carbocycles. The van der Waals surface area contributed by atoms with E-state index in [9.17, 15) is 9.59 Å². The Morgan fingerprint density at radius 2 is 1.83 bits per heavy atom. The van der Waals surface area contributed by atoms with Crippen LogP contribution in [0.1, 0.15) is 33.3 Å². The number of hydrogen-bond acceptors (Lipinski definition) is 4. The normalized spacial score (nSPS) is 11.3. The maximum atomic E-state index is 12.4. The number of aryl methyl sites for hydroxylation is 1. The lowest BCUT2D eigenvalue weighted by Gasteiger charge is -2.30. The van der Waals surface area contributed by atoms with Crippen LogP contribution in [0.2, 0.25) is 5.02 Å². The topological polar surface area (TPSA) is 59.8 Å². The first-order valence-corrected chi connectivity index (χ1v) is 8.26. The molecule has 6 heteroatoms. The zero-order chi connectivity index (χ0) is 18.0. The molecular weight excluding hydrogens is 330 g/mol. The Morgan fingerprint density at radius 1 is 1.21 bits per heavy atom. The smallest absolute Gasteiger partial charge is 0.336 e. The van der Waals surface area contributed by atoms with Gasteiger partial charge < -0.3 is 14.1 Å². The number of halogens is 1. The molecule has 0 atom stereocenters.